The number of benzene rings is 2. The minimum Gasteiger partial charge on any atom is -0.507 e. The number of aromatic hydroxyl groups is 1. The second-order valence-electron chi connectivity index (χ2n) is 5.93. The third-order valence-electron chi connectivity index (χ3n) is 4.14. The van der Waals surface area contributed by atoms with Crippen molar-refractivity contribution in [3.63, 3.8) is 0 Å². The number of hydrogen-bond donors (Lipinski definition) is 2. The molecule has 8 nitrogen and oxygen atoms in total. The molecule has 0 bridgehead atoms. The second-order valence-corrected chi connectivity index (χ2v) is 5.93. The first kappa shape index (κ1) is 19.6. The van der Waals surface area contributed by atoms with Gasteiger partial charge in [-0.2, -0.15) is 10.4 Å². The molecule has 0 saturated carbocycles. The Bertz CT molecular complexity index is 1060. The molecule has 0 saturated heterocycles. The molecule has 0 amide bonds. The van der Waals surface area contributed by atoms with Crippen LogP contribution in [0.5, 0.6) is 17.2 Å². The van der Waals surface area contributed by atoms with Crippen LogP contribution in [0.25, 0.3) is 0 Å². The van der Waals surface area contributed by atoms with Gasteiger partial charge in [-0.05, 0) is 29.8 Å². The van der Waals surface area contributed by atoms with Gasteiger partial charge in [0.25, 0.3) is 0 Å². The number of methoxy groups -OCH3 is 2. The number of hydrazone groups is 1. The molecule has 1 aromatic heterocycles. The summed E-state index contributed by atoms with van der Waals surface area (Å²) in [4.78, 5) is 8.57. The first-order valence-corrected chi connectivity index (χ1v) is 8.66. The van der Waals surface area contributed by atoms with E-state index in [0.717, 1.165) is 0 Å². The van der Waals surface area contributed by atoms with Crippen LogP contribution >= 0.6 is 0 Å². The Kier molecular flexibility index (Phi) is 6.22. The van der Waals surface area contributed by atoms with E-state index in [1.54, 1.807) is 49.6 Å². The summed E-state index contributed by atoms with van der Waals surface area (Å²) in [6.45, 7) is 0. The van der Waals surface area contributed by atoms with Crippen LogP contribution in [0.15, 0.2) is 60.0 Å². The summed E-state index contributed by atoms with van der Waals surface area (Å²) in [5.74, 6) is 0.949. The van der Waals surface area contributed by atoms with Crippen molar-refractivity contribution in [2.45, 2.75) is 5.92 Å². The lowest BCUT2D eigenvalue weighted by Crippen LogP contribution is -2.05. The number of rotatable bonds is 7. The highest BCUT2D eigenvalue weighted by molar-refractivity contribution is 5.83. The van der Waals surface area contributed by atoms with Crippen LogP contribution in [0.3, 0.4) is 0 Å². The Morgan fingerprint density at radius 3 is 2.66 bits per heavy atom. The first-order valence-electron chi connectivity index (χ1n) is 8.66. The minimum atomic E-state index is -0.647. The van der Waals surface area contributed by atoms with E-state index in [2.05, 4.69) is 26.6 Å². The average Bonchev–Trinajstić information content (AvgIpc) is 2.76. The molecule has 1 unspecified atom stereocenters. The van der Waals surface area contributed by atoms with Crippen molar-refractivity contribution in [1.29, 1.82) is 5.26 Å². The Hall–Kier alpha value is -4.12. The molecule has 2 N–H and O–H groups in total. The van der Waals surface area contributed by atoms with Crippen LogP contribution in [0.2, 0.25) is 0 Å². The van der Waals surface area contributed by atoms with Crippen LogP contribution < -0.4 is 14.9 Å². The fraction of sp³-hybridized carbons (Fsp3) is 0.143. The molecular weight excluding hydrogens is 370 g/mol. The number of aromatic nitrogens is 2. The Labute approximate surface area is 168 Å². The van der Waals surface area contributed by atoms with Gasteiger partial charge in [-0.15, -0.1) is 0 Å². The van der Waals surface area contributed by atoms with Gasteiger partial charge in [-0.3, -0.25) is 10.4 Å². The molecule has 0 spiro atoms. The third-order valence-corrected chi connectivity index (χ3v) is 4.14. The average molecular weight is 389 g/mol. The molecule has 8 heteroatoms. The fourth-order valence-electron chi connectivity index (χ4n) is 2.68. The van der Waals surface area contributed by atoms with Crippen molar-refractivity contribution in [3.05, 3.63) is 71.7 Å². The number of ether oxygens (including phenoxy) is 2. The van der Waals surface area contributed by atoms with E-state index in [1.807, 2.05) is 0 Å². The summed E-state index contributed by atoms with van der Waals surface area (Å²) in [6.07, 6.45) is 4.50. The molecule has 3 rings (SSSR count). The van der Waals surface area contributed by atoms with E-state index >= 15 is 0 Å². The lowest BCUT2D eigenvalue weighted by atomic mass is 9.97. The molecule has 0 radical (unpaired) electrons. The summed E-state index contributed by atoms with van der Waals surface area (Å²) in [7, 11) is 3.09. The molecule has 1 heterocycles. The van der Waals surface area contributed by atoms with Crippen LogP contribution in [0, 0.1) is 11.3 Å². The zero-order valence-electron chi connectivity index (χ0n) is 15.9. The van der Waals surface area contributed by atoms with E-state index in [1.165, 1.54) is 25.7 Å². The lowest BCUT2D eigenvalue weighted by molar-refractivity contribution is 0.354. The van der Waals surface area contributed by atoms with Crippen LogP contribution in [-0.2, 0) is 0 Å². The molecule has 1 atom stereocenters. The van der Waals surface area contributed by atoms with Gasteiger partial charge in [0.1, 0.15) is 11.7 Å². The van der Waals surface area contributed by atoms with E-state index in [4.69, 9.17) is 9.47 Å². The largest absolute Gasteiger partial charge is 0.507 e. The Morgan fingerprint density at radius 1 is 1.14 bits per heavy atom. The Morgan fingerprint density at radius 2 is 1.93 bits per heavy atom. The summed E-state index contributed by atoms with van der Waals surface area (Å²) in [5, 5.41) is 23.5. The van der Waals surface area contributed by atoms with Gasteiger partial charge in [0, 0.05) is 5.56 Å². The molecule has 0 aliphatic rings. The SMILES string of the molecule is COc1ccc(C(C#N)c2cncc(N/N=C/c3ccccc3O)n2)cc1OC. The molecule has 146 valence electrons. The van der Waals surface area contributed by atoms with Gasteiger partial charge in [0.2, 0.25) is 0 Å². The van der Waals surface area contributed by atoms with E-state index in [0.29, 0.717) is 34.1 Å². The molecule has 0 fully saturated rings. The predicted molar refractivity (Wildman–Crippen MR) is 108 cm³/mol. The molecule has 2 aromatic carbocycles. The number of anilines is 1. The summed E-state index contributed by atoms with van der Waals surface area (Å²) >= 11 is 0. The maximum absolute atomic E-state index is 9.76. The molecule has 3 aromatic rings. The monoisotopic (exact) mass is 389 g/mol. The number of nitriles is 1. The normalized spacial score (nSPS) is 11.6. The van der Waals surface area contributed by atoms with Gasteiger partial charge in [0.15, 0.2) is 17.3 Å². The van der Waals surface area contributed by atoms with Crippen molar-refractivity contribution in [1.82, 2.24) is 9.97 Å². The molecular formula is C21H19N5O3. The zero-order chi connectivity index (χ0) is 20.6. The van der Waals surface area contributed by atoms with Gasteiger partial charge in [0.05, 0.1) is 44.6 Å². The summed E-state index contributed by atoms with van der Waals surface area (Å²) in [6, 6.07) is 14.3. The number of phenols is 1. The fourth-order valence-corrected chi connectivity index (χ4v) is 2.68. The lowest BCUT2D eigenvalue weighted by Gasteiger charge is -2.13. The first-order chi connectivity index (χ1) is 14.2. The van der Waals surface area contributed by atoms with E-state index in [9.17, 15) is 10.4 Å². The predicted octanol–water partition coefficient (Wildman–Crippen LogP) is 3.30. The van der Waals surface area contributed by atoms with Crippen molar-refractivity contribution < 1.29 is 14.6 Å². The molecule has 29 heavy (non-hydrogen) atoms. The topological polar surface area (TPSA) is 113 Å². The number of phenolic OH excluding ortho intramolecular Hbond substituents is 1. The smallest absolute Gasteiger partial charge is 0.165 e. The van der Waals surface area contributed by atoms with Crippen LogP contribution in [-0.4, -0.2) is 35.5 Å². The van der Waals surface area contributed by atoms with E-state index < -0.39 is 5.92 Å². The highest BCUT2D eigenvalue weighted by Crippen LogP contribution is 2.32. The Balaban J connectivity index is 1.82. The number of para-hydroxylation sites is 1. The second kappa shape index (κ2) is 9.19. The quantitative estimate of drug-likeness (QED) is 0.471. The highest BCUT2D eigenvalue weighted by Gasteiger charge is 2.18. The minimum absolute atomic E-state index is 0.121. The third kappa shape index (κ3) is 4.59. The number of hydrogen-bond acceptors (Lipinski definition) is 8. The van der Waals surface area contributed by atoms with Gasteiger partial charge in [-0.25, -0.2) is 4.98 Å². The van der Waals surface area contributed by atoms with Gasteiger partial charge < -0.3 is 14.6 Å². The zero-order valence-corrected chi connectivity index (χ0v) is 15.9. The highest BCUT2D eigenvalue weighted by atomic mass is 16.5. The molecule has 0 aliphatic carbocycles. The van der Waals surface area contributed by atoms with Crippen LogP contribution in [0.1, 0.15) is 22.7 Å². The van der Waals surface area contributed by atoms with Crippen molar-refractivity contribution in [2.24, 2.45) is 5.10 Å². The standard InChI is InChI=1S/C21H19N5O3/c1-28-19-8-7-14(9-20(19)29-2)16(10-22)17-12-23-13-21(25-17)26-24-11-15-5-3-4-6-18(15)27/h3-9,11-13,16,27H,1-2H3,(H,25,26)/b24-11+. The number of nitrogens with zero attached hydrogens (tertiary/aromatic N) is 4. The maximum atomic E-state index is 9.76. The maximum Gasteiger partial charge on any atom is 0.165 e. The van der Waals surface area contributed by atoms with Crippen molar-refractivity contribution >= 4 is 12.0 Å². The number of nitrogens with one attached hydrogen (secondary N) is 1. The van der Waals surface area contributed by atoms with E-state index in [-0.39, 0.29) is 5.75 Å². The van der Waals surface area contributed by atoms with Gasteiger partial charge in [-0.1, -0.05) is 18.2 Å². The van der Waals surface area contributed by atoms with Crippen molar-refractivity contribution in [2.75, 3.05) is 19.6 Å². The summed E-state index contributed by atoms with van der Waals surface area (Å²) in [5.41, 5.74) is 4.49. The van der Waals surface area contributed by atoms with Crippen molar-refractivity contribution in [3.8, 4) is 23.3 Å². The summed E-state index contributed by atoms with van der Waals surface area (Å²) < 4.78 is 10.6. The van der Waals surface area contributed by atoms with Gasteiger partial charge >= 0.3 is 0 Å². The molecule has 0 aliphatic heterocycles. The van der Waals surface area contributed by atoms with Crippen LogP contribution in [0.4, 0.5) is 5.82 Å².